The van der Waals surface area contributed by atoms with E-state index in [-0.39, 0.29) is 12.1 Å². The van der Waals surface area contributed by atoms with Crippen LogP contribution in [-0.2, 0) is 16.0 Å². The quantitative estimate of drug-likeness (QED) is 0.706. The Labute approximate surface area is 146 Å². The van der Waals surface area contributed by atoms with Crippen molar-refractivity contribution in [1.29, 1.82) is 0 Å². The lowest BCUT2D eigenvalue weighted by molar-refractivity contribution is -0.133. The molecule has 0 aliphatic carbocycles. The number of ether oxygens (including phenoxy) is 1. The molecule has 0 aliphatic rings. The Balaban J connectivity index is 3.01. The van der Waals surface area contributed by atoms with Gasteiger partial charge in [0.05, 0.1) is 0 Å². The highest BCUT2D eigenvalue weighted by atomic mass is 16.6. The van der Waals surface area contributed by atoms with Crippen molar-refractivity contribution in [2.24, 2.45) is 5.73 Å². The minimum absolute atomic E-state index is 0.271. The summed E-state index contributed by atoms with van der Waals surface area (Å²) >= 11 is 0. The van der Waals surface area contributed by atoms with E-state index in [0.717, 1.165) is 16.7 Å². The van der Waals surface area contributed by atoms with Gasteiger partial charge in [-0.05, 0) is 75.9 Å². The zero-order valence-corrected chi connectivity index (χ0v) is 15.1. The molecule has 1 rings (SSSR count). The summed E-state index contributed by atoms with van der Waals surface area (Å²) < 4.78 is 5.05. The lowest BCUT2D eigenvalue weighted by atomic mass is 9.96. The maximum Gasteiger partial charge on any atom is 0.412 e. The number of amides is 2. The number of carbonyl (C=O) groups is 3. The summed E-state index contributed by atoms with van der Waals surface area (Å²) in [5, 5.41) is 11.5. The molecule has 7 nitrogen and oxygen atoms in total. The van der Waals surface area contributed by atoms with Crippen LogP contribution in [0, 0.1) is 13.8 Å². The van der Waals surface area contributed by atoms with Crippen LogP contribution in [0.1, 0.15) is 47.8 Å². The summed E-state index contributed by atoms with van der Waals surface area (Å²) in [4.78, 5) is 34.4. The molecule has 0 saturated carbocycles. The molecule has 0 atom stereocenters. The van der Waals surface area contributed by atoms with Gasteiger partial charge in [0, 0.05) is 5.56 Å². The summed E-state index contributed by atoms with van der Waals surface area (Å²) in [6, 6.07) is 3.31. The molecule has 0 aliphatic heterocycles. The van der Waals surface area contributed by atoms with Gasteiger partial charge < -0.3 is 15.6 Å². The fraction of sp³-hybridized carbons (Fsp3) is 0.389. The first-order valence-corrected chi connectivity index (χ1v) is 7.74. The third kappa shape index (κ3) is 6.29. The highest BCUT2D eigenvalue weighted by molar-refractivity contribution is 5.93. The first-order chi connectivity index (χ1) is 11.4. The first-order valence-electron chi connectivity index (χ1n) is 7.74. The predicted octanol–water partition coefficient (Wildman–Crippen LogP) is 2.44. The van der Waals surface area contributed by atoms with Crippen molar-refractivity contribution in [3.05, 3.63) is 46.2 Å². The first kappa shape index (κ1) is 20.2. The standard InChI is InChI=1S/C18H24N2O5/c1-10-8-12(15(19)21)9-11(2)13(10)6-7-14(16(22)23)20-17(24)25-18(3,4)5/h7-9H,6H2,1-5H3,(H2,19,21)(H,20,24)(H,22,23)/b14-7-. The van der Waals surface area contributed by atoms with Gasteiger partial charge in [-0.25, -0.2) is 9.59 Å². The topological polar surface area (TPSA) is 119 Å². The van der Waals surface area contributed by atoms with E-state index in [9.17, 15) is 19.5 Å². The summed E-state index contributed by atoms with van der Waals surface area (Å²) in [6.07, 6.45) is 0.832. The number of primary amides is 1. The van der Waals surface area contributed by atoms with Crippen molar-refractivity contribution in [3.8, 4) is 0 Å². The van der Waals surface area contributed by atoms with Gasteiger partial charge in [-0.3, -0.25) is 10.1 Å². The van der Waals surface area contributed by atoms with Gasteiger partial charge >= 0.3 is 12.1 Å². The van der Waals surface area contributed by atoms with Crippen LogP contribution in [0.15, 0.2) is 23.9 Å². The van der Waals surface area contributed by atoms with Crippen molar-refractivity contribution >= 4 is 18.0 Å². The third-order valence-corrected chi connectivity index (χ3v) is 3.36. The van der Waals surface area contributed by atoms with E-state index < -0.39 is 23.6 Å². The Hall–Kier alpha value is -2.83. The molecule has 0 unspecified atom stereocenters. The molecule has 4 N–H and O–H groups in total. The minimum Gasteiger partial charge on any atom is -0.477 e. The van der Waals surface area contributed by atoms with Crippen LogP contribution >= 0.6 is 0 Å². The van der Waals surface area contributed by atoms with E-state index >= 15 is 0 Å². The van der Waals surface area contributed by atoms with Crippen molar-refractivity contribution in [1.82, 2.24) is 5.32 Å². The van der Waals surface area contributed by atoms with Crippen molar-refractivity contribution in [3.63, 3.8) is 0 Å². The fourth-order valence-electron chi connectivity index (χ4n) is 2.27. The molecule has 0 heterocycles. The van der Waals surface area contributed by atoms with Gasteiger partial charge in [0.15, 0.2) is 0 Å². The van der Waals surface area contributed by atoms with Gasteiger partial charge in [-0.15, -0.1) is 0 Å². The second-order valence-corrected chi connectivity index (χ2v) is 6.71. The number of alkyl carbamates (subject to hydrolysis) is 1. The molecule has 7 heteroatoms. The predicted molar refractivity (Wildman–Crippen MR) is 93.2 cm³/mol. The number of rotatable bonds is 5. The summed E-state index contributed by atoms with van der Waals surface area (Å²) in [6.45, 7) is 8.67. The molecule has 0 spiro atoms. The van der Waals surface area contributed by atoms with Crippen LogP contribution in [0.2, 0.25) is 0 Å². The van der Waals surface area contributed by atoms with E-state index in [1.165, 1.54) is 6.08 Å². The largest absolute Gasteiger partial charge is 0.477 e. The molecule has 0 bridgehead atoms. The maximum atomic E-state index is 11.7. The molecule has 136 valence electrons. The van der Waals surface area contributed by atoms with E-state index in [0.29, 0.717) is 5.56 Å². The van der Waals surface area contributed by atoms with Crippen LogP contribution in [0.3, 0.4) is 0 Å². The summed E-state index contributed by atoms with van der Waals surface area (Å²) in [7, 11) is 0. The zero-order valence-electron chi connectivity index (χ0n) is 15.1. The number of benzene rings is 1. The molecular formula is C18H24N2O5. The molecule has 0 radical (unpaired) electrons. The van der Waals surface area contributed by atoms with Crippen LogP contribution in [0.25, 0.3) is 0 Å². The molecule has 1 aromatic rings. The van der Waals surface area contributed by atoms with Crippen LogP contribution in [0.5, 0.6) is 0 Å². The number of aliphatic carboxylic acids is 1. The maximum absolute atomic E-state index is 11.7. The van der Waals surface area contributed by atoms with Crippen LogP contribution in [0.4, 0.5) is 4.79 Å². The minimum atomic E-state index is -1.27. The summed E-state index contributed by atoms with van der Waals surface area (Å²) in [5.74, 6) is -1.79. The number of hydrogen-bond donors (Lipinski definition) is 3. The van der Waals surface area contributed by atoms with Gasteiger partial charge in [0.25, 0.3) is 0 Å². The molecule has 2 amide bonds. The number of allylic oxidation sites excluding steroid dienone is 1. The second kappa shape index (κ2) is 7.83. The van der Waals surface area contributed by atoms with E-state index in [1.807, 2.05) is 13.8 Å². The lowest BCUT2D eigenvalue weighted by Gasteiger charge is -2.19. The normalized spacial score (nSPS) is 11.8. The zero-order chi connectivity index (χ0) is 19.4. The summed E-state index contributed by atoms with van der Waals surface area (Å²) in [5.41, 5.74) is 7.15. The SMILES string of the molecule is Cc1cc(C(N)=O)cc(C)c1C/C=C(\NC(=O)OC(C)(C)C)C(=O)O. The van der Waals surface area contributed by atoms with Gasteiger partial charge in [0.1, 0.15) is 11.3 Å². The molecule has 0 saturated heterocycles. The number of nitrogens with one attached hydrogen (secondary N) is 1. The second-order valence-electron chi connectivity index (χ2n) is 6.71. The number of carboxylic acid groups (broad SMARTS) is 1. The monoisotopic (exact) mass is 348 g/mol. The number of hydrogen-bond acceptors (Lipinski definition) is 4. The Bertz CT molecular complexity index is 706. The highest BCUT2D eigenvalue weighted by Gasteiger charge is 2.19. The Morgan fingerprint density at radius 2 is 1.72 bits per heavy atom. The molecular weight excluding hydrogens is 324 g/mol. The van der Waals surface area contributed by atoms with E-state index in [1.54, 1.807) is 32.9 Å². The third-order valence-electron chi connectivity index (χ3n) is 3.36. The Kier molecular flexibility index (Phi) is 6.33. The number of carbonyl (C=O) groups excluding carboxylic acids is 2. The molecule has 0 aromatic heterocycles. The number of carboxylic acids is 1. The Morgan fingerprint density at radius 3 is 2.12 bits per heavy atom. The average molecular weight is 348 g/mol. The van der Waals surface area contributed by atoms with Gasteiger partial charge in [-0.1, -0.05) is 0 Å². The molecule has 1 aromatic carbocycles. The van der Waals surface area contributed by atoms with Crippen LogP contribution < -0.4 is 11.1 Å². The lowest BCUT2D eigenvalue weighted by Crippen LogP contribution is -2.34. The van der Waals surface area contributed by atoms with Crippen molar-refractivity contribution in [2.75, 3.05) is 0 Å². The average Bonchev–Trinajstić information content (AvgIpc) is 2.42. The molecule has 25 heavy (non-hydrogen) atoms. The van der Waals surface area contributed by atoms with Crippen molar-refractivity contribution in [2.45, 2.75) is 46.6 Å². The van der Waals surface area contributed by atoms with Gasteiger partial charge in [0.2, 0.25) is 5.91 Å². The van der Waals surface area contributed by atoms with E-state index in [2.05, 4.69) is 5.32 Å². The molecule has 0 fully saturated rings. The number of nitrogens with two attached hydrogens (primary N) is 1. The van der Waals surface area contributed by atoms with E-state index in [4.69, 9.17) is 10.5 Å². The van der Waals surface area contributed by atoms with Gasteiger partial charge in [-0.2, -0.15) is 0 Å². The Morgan fingerprint density at radius 1 is 1.20 bits per heavy atom. The fourth-order valence-corrected chi connectivity index (χ4v) is 2.27. The highest BCUT2D eigenvalue weighted by Crippen LogP contribution is 2.18. The number of aryl methyl sites for hydroxylation is 2. The van der Waals surface area contributed by atoms with Crippen molar-refractivity contribution < 1.29 is 24.2 Å². The smallest absolute Gasteiger partial charge is 0.412 e. The van der Waals surface area contributed by atoms with Crippen LogP contribution in [-0.4, -0.2) is 28.7 Å².